The molecule has 4 rings (SSSR count). The van der Waals surface area contributed by atoms with Crippen LogP contribution in [0.5, 0.6) is 0 Å². The molecular formula is C15H9FN4O2S. The highest BCUT2D eigenvalue weighted by Crippen LogP contribution is 2.20. The van der Waals surface area contributed by atoms with Crippen LogP contribution in [0.2, 0.25) is 0 Å². The molecular weight excluding hydrogens is 319 g/mol. The van der Waals surface area contributed by atoms with Gasteiger partial charge in [0, 0.05) is 11.4 Å². The molecule has 114 valence electrons. The molecule has 0 saturated heterocycles. The second-order valence-corrected chi connectivity index (χ2v) is 5.65. The maximum Gasteiger partial charge on any atom is 0.261 e. The third kappa shape index (κ3) is 2.53. The van der Waals surface area contributed by atoms with Crippen LogP contribution in [-0.2, 0) is 6.54 Å². The second kappa shape index (κ2) is 5.40. The van der Waals surface area contributed by atoms with Crippen LogP contribution < -0.4 is 5.56 Å². The highest BCUT2D eigenvalue weighted by atomic mass is 32.1. The lowest BCUT2D eigenvalue weighted by Gasteiger charge is -2.03. The highest BCUT2D eigenvalue weighted by molar-refractivity contribution is 7.08. The molecule has 0 atom stereocenters. The van der Waals surface area contributed by atoms with Gasteiger partial charge in [0.25, 0.3) is 11.4 Å². The molecule has 0 aliphatic rings. The van der Waals surface area contributed by atoms with Crippen molar-refractivity contribution in [3.05, 3.63) is 63.3 Å². The first-order valence-corrected chi connectivity index (χ1v) is 7.65. The van der Waals surface area contributed by atoms with Crippen molar-refractivity contribution >= 4 is 22.2 Å². The number of hydrogen-bond acceptors (Lipinski definition) is 6. The van der Waals surface area contributed by atoms with Crippen molar-refractivity contribution in [3.8, 4) is 11.5 Å². The fraction of sp³-hybridized carbons (Fsp3) is 0.0667. The number of rotatable bonds is 3. The summed E-state index contributed by atoms with van der Waals surface area (Å²) in [5.41, 5.74) is 0.878. The van der Waals surface area contributed by atoms with E-state index in [4.69, 9.17) is 4.52 Å². The predicted octanol–water partition coefficient (Wildman–Crippen LogP) is 2.70. The van der Waals surface area contributed by atoms with Gasteiger partial charge in [0.15, 0.2) is 5.82 Å². The molecule has 0 spiro atoms. The Morgan fingerprint density at radius 2 is 2.22 bits per heavy atom. The van der Waals surface area contributed by atoms with Gasteiger partial charge >= 0.3 is 0 Å². The summed E-state index contributed by atoms with van der Waals surface area (Å²) >= 11 is 1.53. The fourth-order valence-electron chi connectivity index (χ4n) is 2.22. The molecule has 0 unspecified atom stereocenters. The Balaban J connectivity index is 1.69. The zero-order chi connectivity index (χ0) is 15.8. The zero-order valence-corrected chi connectivity index (χ0v) is 12.5. The van der Waals surface area contributed by atoms with E-state index in [0.717, 1.165) is 5.56 Å². The van der Waals surface area contributed by atoms with Crippen LogP contribution in [0.25, 0.3) is 22.4 Å². The quantitative estimate of drug-likeness (QED) is 0.578. The van der Waals surface area contributed by atoms with Crippen molar-refractivity contribution in [2.45, 2.75) is 6.54 Å². The monoisotopic (exact) mass is 328 g/mol. The van der Waals surface area contributed by atoms with Crippen LogP contribution in [0, 0.1) is 5.82 Å². The summed E-state index contributed by atoms with van der Waals surface area (Å²) in [6, 6.07) is 5.76. The maximum absolute atomic E-state index is 13.2. The molecule has 0 N–H and O–H groups in total. The summed E-state index contributed by atoms with van der Waals surface area (Å²) in [5, 5.41) is 8.03. The molecule has 0 saturated carbocycles. The normalized spacial score (nSPS) is 11.2. The van der Waals surface area contributed by atoms with Gasteiger partial charge in [-0.15, -0.1) is 0 Å². The SMILES string of the molecule is O=c1c2ccc(F)cc2ncn1Cc1noc(-c2ccsc2)n1. The number of aromatic nitrogens is 4. The van der Waals surface area contributed by atoms with Crippen LogP contribution >= 0.6 is 11.3 Å². The van der Waals surface area contributed by atoms with E-state index in [0.29, 0.717) is 22.6 Å². The third-order valence-electron chi connectivity index (χ3n) is 3.34. The Morgan fingerprint density at radius 3 is 3.04 bits per heavy atom. The number of nitrogens with zero attached hydrogens (tertiary/aromatic N) is 4. The van der Waals surface area contributed by atoms with Crippen molar-refractivity contribution in [2.24, 2.45) is 0 Å². The van der Waals surface area contributed by atoms with Gasteiger partial charge in [-0.05, 0) is 23.6 Å². The summed E-state index contributed by atoms with van der Waals surface area (Å²) in [6.07, 6.45) is 1.35. The lowest BCUT2D eigenvalue weighted by molar-refractivity contribution is 0.420. The summed E-state index contributed by atoms with van der Waals surface area (Å²) in [7, 11) is 0. The van der Waals surface area contributed by atoms with Crippen molar-refractivity contribution in [2.75, 3.05) is 0 Å². The van der Waals surface area contributed by atoms with Crippen molar-refractivity contribution < 1.29 is 8.91 Å². The molecule has 3 aromatic heterocycles. The van der Waals surface area contributed by atoms with E-state index in [9.17, 15) is 9.18 Å². The molecule has 1 aromatic carbocycles. The molecule has 3 heterocycles. The number of thiophene rings is 1. The fourth-order valence-corrected chi connectivity index (χ4v) is 2.85. The van der Waals surface area contributed by atoms with Gasteiger partial charge in [-0.2, -0.15) is 16.3 Å². The van der Waals surface area contributed by atoms with Crippen LogP contribution in [-0.4, -0.2) is 19.7 Å². The van der Waals surface area contributed by atoms with Gasteiger partial charge in [0.05, 0.1) is 29.3 Å². The van der Waals surface area contributed by atoms with E-state index in [1.807, 2.05) is 16.8 Å². The van der Waals surface area contributed by atoms with Gasteiger partial charge < -0.3 is 4.52 Å². The first-order valence-electron chi connectivity index (χ1n) is 6.70. The van der Waals surface area contributed by atoms with Crippen LogP contribution in [0.15, 0.2) is 50.7 Å². The lowest BCUT2D eigenvalue weighted by atomic mass is 10.2. The highest BCUT2D eigenvalue weighted by Gasteiger charge is 2.11. The zero-order valence-electron chi connectivity index (χ0n) is 11.6. The van der Waals surface area contributed by atoms with Crippen molar-refractivity contribution in [1.29, 1.82) is 0 Å². The molecule has 0 aliphatic carbocycles. The molecule has 0 radical (unpaired) electrons. The number of fused-ring (bicyclic) bond motifs is 1. The molecule has 0 fully saturated rings. The minimum absolute atomic E-state index is 0.132. The van der Waals surface area contributed by atoms with Gasteiger partial charge in [0.1, 0.15) is 5.82 Å². The third-order valence-corrected chi connectivity index (χ3v) is 4.02. The van der Waals surface area contributed by atoms with Gasteiger partial charge in [-0.25, -0.2) is 9.37 Å². The lowest BCUT2D eigenvalue weighted by Crippen LogP contribution is -2.21. The number of hydrogen-bond donors (Lipinski definition) is 0. The predicted molar refractivity (Wildman–Crippen MR) is 82.7 cm³/mol. The molecule has 8 heteroatoms. The van der Waals surface area contributed by atoms with E-state index in [2.05, 4.69) is 15.1 Å². The van der Waals surface area contributed by atoms with Gasteiger partial charge in [0.2, 0.25) is 0 Å². The van der Waals surface area contributed by atoms with Gasteiger partial charge in [-0.3, -0.25) is 9.36 Å². The molecule has 23 heavy (non-hydrogen) atoms. The maximum atomic E-state index is 13.2. The summed E-state index contributed by atoms with van der Waals surface area (Å²) in [5.74, 6) is 0.349. The second-order valence-electron chi connectivity index (χ2n) is 4.87. The van der Waals surface area contributed by atoms with Crippen LogP contribution in [0.3, 0.4) is 0 Å². The Kier molecular flexibility index (Phi) is 3.23. The van der Waals surface area contributed by atoms with Crippen LogP contribution in [0.1, 0.15) is 5.82 Å². The van der Waals surface area contributed by atoms with E-state index in [1.54, 1.807) is 0 Å². The average Bonchev–Trinajstić information content (AvgIpc) is 3.21. The minimum Gasteiger partial charge on any atom is -0.334 e. The summed E-state index contributed by atoms with van der Waals surface area (Å²) in [4.78, 5) is 20.8. The number of halogens is 1. The Labute approximate surface area is 132 Å². The summed E-state index contributed by atoms with van der Waals surface area (Å²) < 4.78 is 19.7. The Morgan fingerprint density at radius 1 is 1.30 bits per heavy atom. The molecule has 6 nitrogen and oxygen atoms in total. The Bertz CT molecular complexity index is 1040. The van der Waals surface area contributed by atoms with E-state index in [-0.39, 0.29) is 12.1 Å². The largest absolute Gasteiger partial charge is 0.334 e. The standard InChI is InChI=1S/C15H9FN4O2S/c16-10-1-2-11-12(5-10)17-8-20(15(11)21)6-13-18-14(22-19-13)9-3-4-23-7-9/h1-5,7-8H,6H2. The van der Waals surface area contributed by atoms with E-state index >= 15 is 0 Å². The van der Waals surface area contributed by atoms with Gasteiger partial charge in [-0.1, -0.05) is 5.16 Å². The summed E-state index contributed by atoms with van der Waals surface area (Å²) in [6.45, 7) is 0.132. The van der Waals surface area contributed by atoms with E-state index in [1.165, 1.54) is 40.4 Å². The smallest absolute Gasteiger partial charge is 0.261 e. The Hall–Kier alpha value is -2.87. The first kappa shape index (κ1) is 13.8. The van der Waals surface area contributed by atoms with Crippen molar-refractivity contribution in [1.82, 2.24) is 19.7 Å². The first-order chi connectivity index (χ1) is 11.2. The van der Waals surface area contributed by atoms with Crippen LogP contribution in [0.4, 0.5) is 4.39 Å². The van der Waals surface area contributed by atoms with E-state index < -0.39 is 5.82 Å². The minimum atomic E-state index is -0.430. The average molecular weight is 328 g/mol. The molecule has 0 aliphatic heterocycles. The molecule has 0 bridgehead atoms. The number of benzene rings is 1. The van der Waals surface area contributed by atoms with Crippen molar-refractivity contribution in [3.63, 3.8) is 0 Å². The topological polar surface area (TPSA) is 73.8 Å². The molecule has 0 amide bonds. The molecule has 4 aromatic rings.